The quantitative estimate of drug-likeness (QED) is 0.846. The van der Waals surface area contributed by atoms with Gasteiger partial charge in [0.2, 0.25) is 0 Å². The molecule has 0 aliphatic heterocycles. The van der Waals surface area contributed by atoms with E-state index in [4.69, 9.17) is 5.73 Å². The largest absolute Gasteiger partial charge is 0.396 e. The second-order valence-corrected chi connectivity index (χ2v) is 4.91. The van der Waals surface area contributed by atoms with Gasteiger partial charge in [0.1, 0.15) is 5.82 Å². The molecule has 3 N–H and O–H groups in total. The van der Waals surface area contributed by atoms with E-state index in [1.165, 1.54) is 11.1 Å². The predicted octanol–water partition coefficient (Wildman–Crippen LogP) is 2.55. The van der Waals surface area contributed by atoms with Crippen molar-refractivity contribution in [3.05, 3.63) is 53.2 Å². The Morgan fingerprint density at radius 2 is 1.83 bits per heavy atom. The van der Waals surface area contributed by atoms with Gasteiger partial charge in [0.05, 0.1) is 5.69 Å². The Bertz CT molecular complexity index is 553. The van der Waals surface area contributed by atoms with Crippen molar-refractivity contribution in [3.8, 4) is 0 Å². The molecule has 0 bridgehead atoms. The third kappa shape index (κ3) is 1.92. The summed E-state index contributed by atoms with van der Waals surface area (Å²) in [5.41, 5.74) is 10.7. The predicted molar refractivity (Wildman–Crippen MR) is 74.6 cm³/mol. The third-order valence-electron chi connectivity index (χ3n) is 3.60. The summed E-state index contributed by atoms with van der Waals surface area (Å²) < 4.78 is 0. The highest BCUT2D eigenvalue weighted by atomic mass is 15.0. The summed E-state index contributed by atoms with van der Waals surface area (Å²) in [6.07, 6.45) is 3.90. The molecule has 1 aliphatic carbocycles. The molecule has 3 rings (SSSR count). The van der Waals surface area contributed by atoms with Crippen molar-refractivity contribution in [1.29, 1.82) is 0 Å². The number of nitrogen functional groups attached to an aromatic ring is 1. The molecule has 0 amide bonds. The van der Waals surface area contributed by atoms with Crippen molar-refractivity contribution in [3.63, 3.8) is 0 Å². The van der Waals surface area contributed by atoms with Crippen LogP contribution in [0.5, 0.6) is 0 Å². The number of rotatable bonds is 2. The van der Waals surface area contributed by atoms with Gasteiger partial charge in [-0.3, -0.25) is 0 Å². The van der Waals surface area contributed by atoms with Crippen LogP contribution < -0.4 is 11.1 Å². The highest BCUT2D eigenvalue weighted by Gasteiger charge is 2.21. The van der Waals surface area contributed by atoms with Gasteiger partial charge in [-0.05, 0) is 42.5 Å². The molecule has 0 fully saturated rings. The van der Waals surface area contributed by atoms with Crippen LogP contribution in [0.25, 0.3) is 0 Å². The standard InChI is InChI=1S/C15H17N3/c1-10-6-7-17-15(14(10)16)18-13-8-11-4-2-3-5-12(11)9-13/h2-7,13H,8-9,16H2,1H3,(H,17,18). The van der Waals surface area contributed by atoms with Gasteiger partial charge in [-0.25, -0.2) is 4.98 Å². The van der Waals surface area contributed by atoms with Crippen molar-refractivity contribution in [2.75, 3.05) is 11.1 Å². The van der Waals surface area contributed by atoms with Crippen LogP contribution in [0.1, 0.15) is 16.7 Å². The van der Waals surface area contributed by atoms with E-state index >= 15 is 0 Å². The molecule has 0 saturated heterocycles. The van der Waals surface area contributed by atoms with E-state index in [2.05, 4.69) is 34.6 Å². The number of fused-ring (bicyclic) bond motifs is 1. The Kier molecular flexibility index (Phi) is 2.67. The van der Waals surface area contributed by atoms with Gasteiger partial charge in [-0.1, -0.05) is 24.3 Å². The van der Waals surface area contributed by atoms with E-state index < -0.39 is 0 Å². The van der Waals surface area contributed by atoms with Crippen LogP contribution in [0, 0.1) is 6.92 Å². The van der Waals surface area contributed by atoms with Crippen LogP contribution >= 0.6 is 0 Å². The van der Waals surface area contributed by atoms with E-state index in [1.54, 1.807) is 6.20 Å². The highest BCUT2D eigenvalue weighted by Crippen LogP contribution is 2.26. The summed E-state index contributed by atoms with van der Waals surface area (Å²) in [4.78, 5) is 4.33. The van der Waals surface area contributed by atoms with Gasteiger partial charge in [0.25, 0.3) is 0 Å². The Hall–Kier alpha value is -2.03. The SMILES string of the molecule is Cc1ccnc(NC2Cc3ccccc3C2)c1N. The molecule has 0 saturated carbocycles. The maximum atomic E-state index is 6.04. The molecule has 0 radical (unpaired) electrons. The molecule has 1 heterocycles. The summed E-state index contributed by atoms with van der Waals surface area (Å²) in [7, 11) is 0. The lowest BCUT2D eigenvalue weighted by molar-refractivity contribution is 0.769. The molecule has 1 aliphatic rings. The second kappa shape index (κ2) is 4.33. The van der Waals surface area contributed by atoms with E-state index in [-0.39, 0.29) is 0 Å². The number of nitrogens with one attached hydrogen (secondary N) is 1. The van der Waals surface area contributed by atoms with Gasteiger partial charge in [0, 0.05) is 12.2 Å². The average molecular weight is 239 g/mol. The number of aryl methyl sites for hydroxylation is 1. The number of hydrogen-bond acceptors (Lipinski definition) is 3. The maximum absolute atomic E-state index is 6.04. The minimum Gasteiger partial charge on any atom is -0.396 e. The van der Waals surface area contributed by atoms with Gasteiger partial charge >= 0.3 is 0 Å². The number of benzene rings is 1. The number of pyridine rings is 1. The maximum Gasteiger partial charge on any atom is 0.149 e. The van der Waals surface area contributed by atoms with Crippen LogP contribution in [0.4, 0.5) is 11.5 Å². The molecule has 18 heavy (non-hydrogen) atoms. The molecule has 2 aromatic rings. The van der Waals surface area contributed by atoms with Crippen LogP contribution in [0.3, 0.4) is 0 Å². The molecule has 3 heteroatoms. The number of anilines is 2. The van der Waals surface area contributed by atoms with Gasteiger partial charge in [0.15, 0.2) is 0 Å². The summed E-state index contributed by atoms with van der Waals surface area (Å²) in [5.74, 6) is 0.813. The molecule has 1 aromatic carbocycles. The van der Waals surface area contributed by atoms with Crippen molar-refractivity contribution >= 4 is 11.5 Å². The zero-order valence-electron chi connectivity index (χ0n) is 10.5. The molecular weight excluding hydrogens is 222 g/mol. The topological polar surface area (TPSA) is 50.9 Å². The third-order valence-corrected chi connectivity index (χ3v) is 3.60. The van der Waals surface area contributed by atoms with Crippen LogP contribution in [-0.2, 0) is 12.8 Å². The molecule has 0 spiro atoms. The van der Waals surface area contributed by atoms with E-state index in [9.17, 15) is 0 Å². The monoisotopic (exact) mass is 239 g/mol. The fraction of sp³-hybridized carbons (Fsp3) is 0.267. The lowest BCUT2D eigenvalue weighted by atomic mass is 10.1. The summed E-state index contributed by atoms with van der Waals surface area (Å²) in [6.45, 7) is 2.01. The normalized spacial score (nSPS) is 14.5. The van der Waals surface area contributed by atoms with Crippen molar-refractivity contribution in [2.24, 2.45) is 0 Å². The molecule has 0 atom stereocenters. The highest BCUT2D eigenvalue weighted by molar-refractivity contribution is 5.65. The second-order valence-electron chi connectivity index (χ2n) is 4.91. The summed E-state index contributed by atoms with van der Waals surface area (Å²) >= 11 is 0. The minimum atomic E-state index is 0.402. The van der Waals surface area contributed by atoms with Crippen molar-refractivity contribution in [1.82, 2.24) is 4.98 Å². The smallest absolute Gasteiger partial charge is 0.149 e. The Morgan fingerprint density at radius 1 is 1.17 bits per heavy atom. The lowest BCUT2D eigenvalue weighted by Crippen LogP contribution is -2.21. The van der Waals surface area contributed by atoms with Gasteiger partial charge < -0.3 is 11.1 Å². The molecule has 1 aromatic heterocycles. The van der Waals surface area contributed by atoms with Crippen molar-refractivity contribution < 1.29 is 0 Å². The fourth-order valence-corrected chi connectivity index (χ4v) is 2.54. The minimum absolute atomic E-state index is 0.402. The number of nitrogens with zero attached hydrogens (tertiary/aromatic N) is 1. The van der Waals surface area contributed by atoms with Gasteiger partial charge in [-0.2, -0.15) is 0 Å². The Balaban J connectivity index is 1.78. The van der Waals surface area contributed by atoms with Crippen molar-refractivity contribution in [2.45, 2.75) is 25.8 Å². The van der Waals surface area contributed by atoms with E-state index in [0.29, 0.717) is 6.04 Å². The van der Waals surface area contributed by atoms with Gasteiger partial charge in [-0.15, -0.1) is 0 Å². The van der Waals surface area contributed by atoms with Crippen LogP contribution in [-0.4, -0.2) is 11.0 Å². The summed E-state index contributed by atoms with van der Waals surface area (Å²) in [6, 6.07) is 10.9. The first-order valence-corrected chi connectivity index (χ1v) is 6.28. The first-order valence-electron chi connectivity index (χ1n) is 6.28. The summed E-state index contributed by atoms with van der Waals surface area (Å²) in [5, 5.41) is 3.46. The van der Waals surface area contributed by atoms with E-state index in [0.717, 1.165) is 29.9 Å². The number of hydrogen-bond donors (Lipinski definition) is 2. The molecule has 92 valence electrons. The number of aromatic nitrogens is 1. The fourth-order valence-electron chi connectivity index (χ4n) is 2.54. The first kappa shape index (κ1) is 11.1. The zero-order chi connectivity index (χ0) is 12.5. The number of nitrogens with two attached hydrogens (primary N) is 1. The molecule has 0 unspecified atom stereocenters. The molecule has 3 nitrogen and oxygen atoms in total. The lowest BCUT2D eigenvalue weighted by Gasteiger charge is -2.15. The first-order chi connectivity index (χ1) is 8.74. The Morgan fingerprint density at radius 3 is 2.50 bits per heavy atom. The molecular formula is C15H17N3. The van der Waals surface area contributed by atoms with E-state index in [1.807, 2.05) is 13.0 Å². The van der Waals surface area contributed by atoms with Crippen LogP contribution in [0.2, 0.25) is 0 Å². The zero-order valence-corrected chi connectivity index (χ0v) is 10.5. The average Bonchev–Trinajstić information content (AvgIpc) is 2.77. The van der Waals surface area contributed by atoms with Crippen LogP contribution in [0.15, 0.2) is 36.5 Å². The Labute approximate surface area is 107 Å².